The zero-order valence-electron chi connectivity index (χ0n) is 15.4. The van der Waals surface area contributed by atoms with Crippen LogP contribution in [0.5, 0.6) is 0 Å². The summed E-state index contributed by atoms with van der Waals surface area (Å²) in [6.45, 7) is 4.23. The minimum atomic E-state index is -0.238. The van der Waals surface area contributed by atoms with Crippen LogP contribution in [0.25, 0.3) is 11.1 Å². The minimum absolute atomic E-state index is 0.238. The molecule has 3 aromatic carbocycles. The van der Waals surface area contributed by atoms with Gasteiger partial charge < -0.3 is 4.74 Å². The topological polar surface area (TPSA) is 26.3 Å². The third-order valence-electron chi connectivity index (χ3n) is 4.66. The molecular weight excluding hydrogens is 320 g/mol. The Balaban J connectivity index is 1.76. The molecule has 0 aliphatic heterocycles. The second-order valence-electron chi connectivity index (χ2n) is 6.38. The predicted octanol–water partition coefficient (Wildman–Crippen LogP) is 5.62. The van der Waals surface area contributed by atoms with E-state index in [2.05, 4.69) is 54.6 Å². The molecule has 0 aromatic heterocycles. The summed E-state index contributed by atoms with van der Waals surface area (Å²) in [5.74, 6) is -0.238. The number of carbonyl (C=O) groups excluding carboxylic acids is 1. The van der Waals surface area contributed by atoms with Gasteiger partial charge in [0.1, 0.15) is 0 Å². The summed E-state index contributed by atoms with van der Waals surface area (Å²) in [6, 6.07) is 25.0. The van der Waals surface area contributed by atoms with E-state index >= 15 is 0 Å². The van der Waals surface area contributed by atoms with Crippen molar-refractivity contribution in [3.63, 3.8) is 0 Å². The Morgan fingerprint density at radius 2 is 1.58 bits per heavy atom. The van der Waals surface area contributed by atoms with E-state index in [1.54, 1.807) is 0 Å². The number of aryl methyl sites for hydroxylation is 2. The van der Waals surface area contributed by atoms with Crippen molar-refractivity contribution in [1.29, 1.82) is 0 Å². The van der Waals surface area contributed by atoms with Crippen molar-refractivity contribution in [2.45, 2.75) is 26.7 Å². The highest BCUT2D eigenvalue weighted by Gasteiger charge is 2.12. The van der Waals surface area contributed by atoms with Gasteiger partial charge in [-0.1, -0.05) is 66.7 Å². The number of hydrogen-bond donors (Lipinski definition) is 0. The monoisotopic (exact) mass is 344 g/mol. The molecule has 0 aliphatic carbocycles. The third kappa shape index (κ3) is 4.20. The van der Waals surface area contributed by atoms with E-state index in [0.717, 1.165) is 18.4 Å². The Hall–Kier alpha value is -2.87. The highest BCUT2D eigenvalue weighted by Crippen LogP contribution is 2.22. The van der Waals surface area contributed by atoms with Crippen LogP contribution in [0, 0.1) is 6.92 Å². The molecule has 0 bridgehead atoms. The molecule has 26 heavy (non-hydrogen) atoms. The Labute approximate surface area is 155 Å². The van der Waals surface area contributed by atoms with E-state index < -0.39 is 0 Å². The Morgan fingerprint density at radius 1 is 0.846 bits per heavy atom. The average Bonchev–Trinajstić information content (AvgIpc) is 2.68. The fourth-order valence-corrected chi connectivity index (χ4v) is 3.20. The molecule has 0 saturated heterocycles. The van der Waals surface area contributed by atoms with E-state index in [4.69, 9.17) is 4.74 Å². The number of rotatable bonds is 6. The zero-order chi connectivity index (χ0) is 18.4. The van der Waals surface area contributed by atoms with Crippen molar-refractivity contribution in [1.82, 2.24) is 0 Å². The van der Waals surface area contributed by atoms with Crippen LogP contribution in [0.2, 0.25) is 0 Å². The lowest BCUT2D eigenvalue weighted by atomic mass is 9.95. The van der Waals surface area contributed by atoms with Crippen LogP contribution in [0.15, 0.2) is 72.8 Å². The number of ether oxygens (including phenoxy) is 1. The SMILES string of the molecule is CCOC(=O)c1cccc(CCc2cccc(-c3ccccc3)c2)c1C. The normalized spacial score (nSPS) is 10.5. The smallest absolute Gasteiger partial charge is 0.338 e. The van der Waals surface area contributed by atoms with Crippen LogP contribution in [-0.2, 0) is 17.6 Å². The molecule has 2 nitrogen and oxygen atoms in total. The van der Waals surface area contributed by atoms with Crippen molar-refractivity contribution in [2.75, 3.05) is 6.61 Å². The van der Waals surface area contributed by atoms with E-state index in [1.807, 2.05) is 32.0 Å². The van der Waals surface area contributed by atoms with Gasteiger partial charge in [-0.25, -0.2) is 4.79 Å². The molecule has 0 N–H and O–H groups in total. The Kier molecular flexibility index (Phi) is 5.85. The maximum atomic E-state index is 12.1. The second kappa shape index (κ2) is 8.48. The van der Waals surface area contributed by atoms with Gasteiger partial charge in [-0.05, 0) is 60.6 Å². The molecule has 0 heterocycles. The summed E-state index contributed by atoms with van der Waals surface area (Å²) in [5, 5.41) is 0. The summed E-state index contributed by atoms with van der Waals surface area (Å²) in [5.41, 5.74) is 6.65. The highest BCUT2D eigenvalue weighted by molar-refractivity contribution is 5.91. The lowest BCUT2D eigenvalue weighted by Crippen LogP contribution is -2.08. The molecule has 0 radical (unpaired) electrons. The van der Waals surface area contributed by atoms with Gasteiger partial charge in [-0.3, -0.25) is 0 Å². The first-order valence-corrected chi connectivity index (χ1v) is 9.09. The van der Waals surface area contributed by atoms with Crippen LogP contribution >= 0.6 is 0 Å². The van der Waals surface area contributed by atoms with Gasteiger partial charge in [0.15, 0.2) is 0 Å². The van der Waals surface area contributed by atoms with E-state index in [1.165, 1.54) is 22.3 Å². The standard InChI is InChI=1S/C24H24O2/c1-3-26-24(25)23-14-8-12-20(18(23)2)16-15-19-9-7-13-22(17-19)21-10-5-4-6-11-21/h4-14,17H,3,15-16H2,1-2H3. The number of carbonyl (C=O) groups is 1. The molecule has 132 valence electrons. The summed E-state index contributed by atoms with van der Waals surface area (Å²) in [4.78, 5) is 12.1. The van der Waals surface area contributed by atoms with Gasteiger partial charge in [0.2, 0.25) is 0 Å². The van der Waals surface area contributed by atoms with Gasteiger partial charge in [0.25, 0.3) is 0 Å². The lowest BCUT2D eigenvalue weighted by molar-refractivity contribution is 0.0525. The van der Waals surface area contributed by atoms with Gasteiger partial charge in [-0.2, -0.15) is 0 Å². The summed E-state index contributed by atoms with van der Waals surface area (Å²) in [6.07, 6.45) is 1.84. The van der Waals surface area contributed by atoms with Crippen LogP contribution in [-0.4, -0.2) is 12.6 Å². The summed E-state index contributed by atoms with van der Waals surface area (Å²) in [7, 11) is 0. The van der Waals surface area contributed by atoms with Gasteiger partial charge in [-0.15, -0.1) is 0 Å². The fourth-order valence-electron chi connectivity index (χ4n) is 3.20. The molecule has 3 aromatic rings. The molecule has 0 atom stereocenters. The molecule has 0 spiro atoms. The second-order valence-corrected chi connectivity index (χ2v) is 6.38. The fraction of sp³-hybridized carbons (Fsp3) is 0.208. The number of hydrogen-bond acceptors (Lipinski definition) is 2. The van der Waals surface area contributed by atoms with Crippen LogP contribution in [0.1, 0.15) is 34.0 Å². The van der Waals surface area contributed by atoms with Crippen LogP contribution in [0.3, 0.4) is 0 Å². The van der Waals surface area contributed by atoms with Gasteiger partial charge in [0.05, 0.1) is 12.2 Å². The maximum absolute atomic E-state index is 12.1. The third-order valence-corrected chi connectivity index (χ3v) is 4.66. The molecule has 0 unspecified atom stereocenters. The van der Waals surface area contributed by atoms with Crippen LogP contribution in [0.4, 0.5) is 0 Å². The molecule has 3 rings (SSSR count). The molecule has 0 saturated carbocycles. The van der Waals surface area contributed by atoms with Crippen molar-refractivity contribution in [2.24, 2.45) is 0 Å². The largest absolute Gasteiger partial charge is 0.462 e. The van der Waals surface area contributed by atoms with Gasteiger partial charge >= 0.3 is 5.97 Å². The molecule has 0 fully saturated rings. The average molecular weight is 344 g/mol. The van der Waals surface area contributed by atoms with Crippen molar-refractivity contribution in [3.05, 3.63) is 95.1 Å². The highest BCUT2D eigenvalue weighted by atomic mass is 16.5. The van der Waals surface area contributed by atoms with E-state index in [9.17, 15) is 4.79 Å². The minimum Gasteiger partial charge on any atom is -0.462 e. The number of benzene rings is 3. The Bertz CT molecular complexity index is 882. The molecule has 0 amide bonds. The lowest BCUT2D eigenvalue weighted by Gasteiger charge is -2.11. The zero-order valence-corrected chi connectivity index (χ0v) is 15.4. The van der Waals surface area contributed by atoms with Crippen molar-refractivity contribution >= 4 is 5.97 Å². The van der Waals surface area contributed by atoms with E-state index in [-0.39, 0.29) is 5.97 Å². The quantitative estimate of drug-likeness (QED) is 0.542. The molecule has 2 heteroatoms. The molecular formula is C24H24O2. The maximum Gasteiger partial charge on any atom is 0.338 e. The first kappa shape index (κ1) is 17.9. The van der Waals surface area contributed by atoms with Crippen molar-refractivity contribution in [3.8, 4) is 11.1 Å². The summed E-state index contributed by atoms with van der Waals surface area (Å²) >= 11 is 0. The first-order valence-electron chi connectivity index (χ1n) is 9.09. The molecule has 0 aliphatic rings. The number of esters is 1. The Morgan fingerprint density at radius 3 is 2.35 bits per heavy atom. The first-order chi connectivity index (χ1) is 12.7. The summed E-state index contributed by atoms with van der Waals surface area (Å²) < 4.78 is 5.15. The van der Waals surface area contributed by atoms with Crippen LogP contribution < -0.4 is 0 Å². The predicted molar refractivity (Wildman–Crippen MR) is 106 cm³/mol. The van der Waals surface area contributed by atoms with Crippen molar-refractivity contribution < 1.29 is 9.53 Å². The van der Waals surface area contributed by atoms with E-state index in [0.29, 0.717) is 12.2 Å². The van der Waals surface area contributed by atoms with Gasteiger partial charge in [0, 0.05) is 0 Å².